The standard InChI is InChI=1S/C19H20N2O2S/c1-13-4-3-5-15(10-13)11-17-12-20-19(24-17)21-18(22)9-8-16-7-6-14(2)23-16/h3-7,10,12H,8-9,11H2,1-2H3,(H,20,21,22). The number of anilines is 1. The zero-order valence-corrected chi connectivity index (χ0v) is 14.7. The van der Waals surface area contributed by atoms with Crippen molar-refractivity contribution in [2.24, 2.45) is 0 Å². The van der Waals surface area contributed by atoms with Crippen LogP contribution in [0.4, 0.5) is 5.13 Å². The van der Waals surface area contributed by atoms with E-state index in [0.717, 1.165) is 22.8 Å². The summed E-state index contributed by atoms with van der Waals surface area (Å²) >= 11 is 1.52. The van der Waals surface area contributed by atoms with Crippen molar-refractivity contribution in [3.63, 3.8) is 0 Å². The molecule has 24 heavy (non-hydrogen) atoms. The number of nitrogens with one attached hydrogen (secondary N) is 1. The SMILES string of the molecule is Cc1cccc(Cc2cnc(NC(=O)CCc3ccc(C)o3)s2)c1. The van der Waals surface area contributed by atoms with Gasteiger partial charge in [0, 0.05) is 30.3 Å². The molecule has 0 atom stereocenters. The third kappa shape index (κ3) is 4.55. The molecule has 0 radical (unpaired) electrons. The average molecular weight is 340 g/mol. The monoisotopic (exact) mass is 340 g/mol. The van der Waals surface area contributed by atoms with Crippen LogP contribution in [0.3, 0.4) is 0 Å². The lowest BCUT2D eigenvalue weighted by Crippen LogP contribution is -2.11. The number of nitrogens with zero attached hydrogens (tertiary/aromatic N) is 1. The van der Waals surface area contributed by atoms with E-state index >= 15 is 0 Å². The molecular weight excluding hydrogens is 320 g/mol. The summed E-state index contributed by atoms with van der Waals surface area (Å²) in [5.41, 5.74) is 2.50. The van der Waals surface area contributed by atoms with Crippen molar-refractivity contribution in [3.8, 4) is 0 Å². The highest BCUT2D eigenvalue weighted by Crippen LogP contribution is 2.22. The van der Waals surface area contributed by atoms with Crippen LogP contribution in [0.1, 0.15) is 33.9 Å². The molecule has 5 heteroatoms. The van der Waals surface area contributed by atoms with Crippen LogP contribution in [0.25, 0.3) is 0 Å². The van der Waals surface area contributed by atoms with Crippen LogP contribution in [0.2, 0.25) is 0 Å². The molecule has 0 spiro atoms. The van der Waals surface area contributed by atoms with Gasteiger partial charge in [0.05, 0.1) is 0 Å². The number of hydrogen-bond acceptors (Lipinski definition) is 4. The van der Waals surface area contributed by atoms with Gasteiger partial charge in [-0.2, -0.15) is 0 Å². The maximum Gasteiger partial charge on any atom is 0.226 e. The van der Waals surface area contributed by atoms with E-state index in [4.69, 9.17) is 4.42 Å². The van der Waals surface area contributed by atoms with Crippen LogP contribution >= 0.6 is 11.3 Å². The van der Waals surface area contributed by atoms with Crippen molar-refractivity contribution in [1.29, 1.82) is 0 Å². The molecule has 2 aromatic heterocycles. The Labute approximate surface area is 145 Å². The highest BCUT2D eigenvalue weighted by atomic mass is 32.1. The largest absolute Gasteiger partial charge is 0.466 e. The lowest BCUT2D eigenvalue weighted by molar-refractivity contribution is -0.116. The molecule has 3 rings (SSSR count). The summed E-state index contributed by atoms with van der Waals surface area (Å²) in [6, 6.07) is 12.2. The Hall–Kier alpha value is -2.40. The van der Waals surface area contributed by atoms with Gasteiger partial charge in [0.25, 0.3) is 0 Å². The lowest BCUT2D eigenvalue weighted by atomic mass is 10.1. The molecule has 1 aromatic carbocycles. The van der Waals surface area contributed by atoms with E-state index in [0.29, 0.717) is 18.0 Å². The second kappa shape index (κ2) is 7.45. The summed E-state index contributed by atoms with van der Waals surface area (Å²) in [5.74, 6) is 1.66. The first-order valence-electron chi connectivity index (χ1n) is 7.94. The molecule has 0 fully saturated rings. The number of aryl methyl sites for hydroxylation is 3. The van der Waals surface area contributed by atoms with Crippen molar-refractivity contribution in [2.45, 2.75) is 33.1 Å². The quantitative estimate of drug-likeness (QED) is 0.718. The van der Waals surface area contributed by atoms with E-state index < -0.39 is 0 Å². The lowest BCUT2D eigenvalue weighted by Gasteiger charge is -2.01. The Morgan fingerprint density at radius 3 is 2.88 bits per heavy atom. The van der Waals surface area contributed by atoms with Gasteiger partial charge in [0.2, 0.25) is 5.91 Å². The topological polar surface area (TPSA) is 55.1 Å². The number of rotatable bonds is 6. The number of thiazole rings is 1. The van der Waals surface area contributed by atoms with Gasteiger partial charge < -0.3 is 9.73 Å². The number of carbonyl (C=O) groups excluding carboxylic acids is 1. The second-order valence-corrected chi connectivity index (χ2v) is 6.97. The number of benzene rings is 1. The van der Waals surface area contributed by atoms with Gasteiger partial charge in [0.1, 0.15) is 11.5 Å². The summed E-state index contributed by atoms with van der Waals surface area (Å²) in [6.07, 6.45) is 3.65. The Morgan fingerprint density at radius 1 is 1.25 bits per heavy atom. The van der Waals surface area contributed by atoms with Crippen molar-refractivity contribution in [1.82, 2.24) is 4.98 Å². The van der Waals surface area contributed by atoms with Crippen LogP contribution in [-0.2, 0) is 17.6 Å². The predicted octanol–water partition coefficient (Wildman–Crippen LogP) is 4.52. The number of amides is 1. The second-order valence-electron chi connectivity index (χ2n) is 5.86. The molecule has 1 amide bonds. The van der Waals surface area contributed by atoms with Gasteiger partial charge in [-0.05, 0) is 31.5 Å². The summed E-state index contributed by atoms with van der Waals surface area (Å²) in [7, 11) is 0. The Bertz CT molecular complexity index is 835. The third-order valence-corrected chi connectivity index (χ3v) is 4.57. The zero-order valence-electron chi connectivity index (χ0n) is 13.8. The van der Waals surface area contributed by atoms with Crippen molar-refractivity contribution < 1.29 is 9.21 Å². The molecule has 0 saturated heterocycles. The van der Waals surface area contributed by atoms with E-state index in [1.807, 2.05) is 25.3 Å². The fourth-order valence-corrected chi connectivity index (χ4v) is 3.37. The highest BCUT2D eigenvalue weighted by Gasteiger charge is 2.09. The van der Waals surface area contributed by atoms with Crippen molar-refractivity contribution in [2.75, 3.05) is 5.32 Å². The first kappa shape index (κ1) is 16.5. The van der Waals surface area contributed by atoms with Gasteiger partial charge in [-0.1, -0.05) is 29.8 Å². The molecule has 1 N–H and O–H groups in total. The van der Waals surface area contributed by atoms with Crippen molar-refractivity contribution >= 4 is 22.4 Å². The number of aromatic nitrogens is 1. The van der Waals surface area contributed by atoms with Gasteiger partial charge in [0.15, 0.2) is 5.13 Å². The van der Waals surface area contributed by atoms with Crippen LogP contribution < -0.4 is 5.32 Å². The van der Waals surface area contributed by atoms with E-state index in [9.17, 15) is 4.79 Å². The van der Waals surface area contributed by atoms with Crippen LogP contribution in [0.15, 0.2) is 47.0 Å². The van der Waals surface area contributed by atoms with Gasteiger partial charge >= 0.3 is 0 Å². The molecule has 124 valence electrons. The van der Waals surface area contributed by atoms with Crippen molar-refractivity contribution in [3.05, 3.63) is 70.1 Å². The fourth-order valence-electron chi connectivity index (χ4n) is 2.51. The average Bonchev–Trinajstić information content (AvgIpc) is 3.14. The third-order valence-electron chi connectivity index (χ3n) is 3.66. The van der Waals surface area contributed by atoms with Gasteiger partial charge in [-0.15, -0.1) is 11.3 Å². The van der Waals surface area contributed by atoms with Gasteiger partial charge in [-0.3, -0.25) is 4.79 Å². The minimum atomic E-state index is -0.0412. The maximum absolute atomic E-state index is 12.0. The molecule has 0 aliphatic rings. The molecular formula is C19H20N2O2S. The zero-order chi connectivity index (χ0) is 16.9. The van der Waals surface area contributed by atoms with Crippen LogP contribution in [0, 0.1) is 13.8 Å². The van der Waals surface area contributed by atoms with Crippen LogP contribution in [-0.4, -0.2) is 10.9 Å². The summed E-state index contributed by atoms with van der Waals surface area (Å²) < 4.78 is 5.47. The van der Waals surface area contributed by atoms with E-state index in [-0.39, 0.29) is 5.91 Å². The Morgan fingerprint density at radius 2 is 2.12 bits per heavy atom. The van der Waals surface area contributed by atoms with E-state index in [1.54, 1.807) is 0 Å². The smallest absolute Gasteiger partial charge is 0.226 e. The molecule has 4 nitrogen and oxygen atoms in total. The molecule has 3 aromatic rings. The summed E-state index contributed by atoms with van der Waals surface area (Å²) in [6.45, 7) is 3.98. The number of furan rings is 1. The van der Waals surface area contributed by atoms with E-state index in [2.05, 4.69) is 41.5 Å². The maximum atomic E-state index is 12.0. The van der Waals surface area contributed by atoms with E-state index in [1.165, 1.54) is 22.5 Å². The number of hydrogen-bond donors (Lipinski definition) is 1. The fraction of sp³-hybridized carbons (Fsp3) is 0.263. The Kier molecular flexibility index (Phi) is 5.11. The first-order valence-corrected chi connectivity index (χ1v) is 8.75. The minimum absolute atomic E-state index is 0.0412. The molecule has 0 unspecified atom stereocenters. The first-order chi connectivity index (χ1) is 11.6. The molecule has 2 heterocycles. The predicted molar refractivity (Wildman–Crippen MR) is 96.5 cm³/mol. The minimum Gasteiger partial charge on any atom is -0.466 e. The molecule has 0 aliphatic heterocycles. The molecule has 0 saturated carbocycles. The highest BCUT2D eigenvalue weighted by molar-refractivity contribution is 7.15. The molecule has 0 aliphatic carbocycles. The van der Waals surface area contributed by atoms with Gasteiger partial charge in [-0.25, -0.2) is 4.98 Å². The van der Waals surface area contributed by atoms with Crippen LogP contribution in [0.5, 0.6) is 0 Å². The summed E-state index contributed by atoms with van der Waals surface area (Å²) in [4.78, 5) is 17.5. The molecule has 0 bridgehead atoms. The normalized spacial score (nSPS) is 10.8. The Balaban J connectivity index is 1.52. The summed E-state index contributed by atoms with van der Waals surface area (Å²) in [5, 5.41) is 3.51. The number of carbonyl (C=O) groups is 1.